The number of ether oxygens (including phenoxy) is 2. The summed E-state index contributed by atoms with van der Waals surface area (Å²) in [5.74, 6) is 2.23. The highest BCUT2D eigenvalue weighted by atomic mass is 127. The first-order valence-corrected chi connectivity index (χ1v) is 7.80. The summed E-state index contributed by atoms with van der Waals surface area (Å²) in [7, 11) is 5.03. The van der Waals surface area contributed by atoms with Crippen molar-refractivity contribution in [2.45, 2.75) is 32.9 Å². The molecule has 7 heteroatoms. The quantitative estimate of drug-likeness (QED) is 0.258. The molecule has 1 rings (SSSR count). The zero-order valence-corrected chi connectivity index (χ0v) is 17.9. The summed E-state index contributed by atoms with van der Waals surface area (Å²) in [5, 5.41) is 10.00. The van der Waals surface area contributed by atoms with Gasteiger partial charge < -0.3 is 25.4 Å². The van der Waals surface area contributed by atoms with Crippen LogP contribution in [0, 0.1) is 0 Å². The molecule has 1 aromatic carbocycles. The van der Waals surface area contributed by atoms with Crippen molar-refractivity contribution >= 4 is 29.9 Å². The second-order valence-corrected chi connectivity index (χ2v) is 6.22. The van der Waals surface area contributed by atoms with Crippen LogP contribution < -0.4 is 25.4 Å². The monoisotopic (exact) mass is 450 g/mol. The molecule has 0 heterocycles. The van der Waals surface area contributed by atoms with Gasteiger partial charge in [0.1, 0.15) is 0 Å². The normalized spacial score (nSPS) is 11.5. The van der Waals surface area contributed by atoms with Crippen LogP contribution in [0.4, 0.5) is 0 Å². The predicted octanol–water partition coefficient (Wildman–Crippen LogP) is 2.37. The molecule has 0 radical (unpaired) electrons. The second kappa shape index (κ2) is 11.4. The molecular weight excluding hydrogens is 419 g/mol. The Morgan fingerprint density at radius 3 is 2.25 bits per heavy atom. The van der Waals surface area contributed by atoms with Crippen LogP contribution >= 0.6 is 24.0 Å². The number of benzene rings is 1. The van der Waals surface area contributed by atoms with Gasteiger partial charge in [-0.1, -0.05) is 6.07 Å². The van der Waals surface area contributed by atoms with Crippen molar-refractivity contribution in [1.82, 2.24) is 16.0 Å². The molecule has 0 aliphatic rings. The molecule has 0 fully saturated rings. The maximum Gasteiger partial charge on any atom is 0.191 e. The van der Waals surface area contributed by atoms with Gasteiger partial charge in [-0.05, 0) is 38.5 Å². The summed E-state index contributed by atoms with van der Waals surface area (Å²) in [6.45, 7) is 8.79. The molecule has 6 nitrogen and oxygen atoms in total. The third-order valence-electron chi connectivity index (χ3n) is 3.20. The smallest absolute Gasteiger partial charge is 0.191 e. The van der Waals surface area contributed by atoms with E-state index in [0.29, 0.717) is 6.54 Å². The number of methoxy groups -OCH3 is 2. The van der Waals surface area contributed by atoms with Crippen LogP contribution in [-0.2, 0) is 6.54 Å². The van der Waals surface area contributed by atoms with Crippen LogP contribution in [0.2, 0.25) is 0 Å². The third-order valence-corrected chi connectivity index (χ3v) is 3.20. The van der Waals surface area contributed by atoms with Gasteiger partial charge in [0, 0.05) is 32.2 Å². The molecule has 0 spiro atoms. The van der Waals surface area contributed by atoms with E-state index in [2.05, 4.69) is 41.7 Å². The largest absolute Gasteiger partial charge is 0.493 e. The minimum absolute atomic E-state index is 0. The molecule has 0 bridgehead atoms. The highest BCUT2D eigenvalue weighted by Gasteiger charge is 2.08. The average Bonchev–Trinajstić information content (AvgIpc) is 2.52. The van der Waals surface area contributed by atoms with E-state index < -0.39 is 0 Å². The fourth-order valence-corrected chi connectivity index (χ4v) is 2.02. The summed E-state index contributed by atoms with van der Waals surface area (Å²) in [6.07, 6.45) is 0. The molecule has 0 saturated carbocycles. The zero-order chi connectivity index (χ0) is 17.3. The Morgan fingerprint density at radius 1 is 1.04 bits per heavy atom. The predicted molar refractivity (Wildman–Crippen MR) is 111 cm³/mol. The van der Waals surface area contributed by atoms with Gasteiger partial charge in [-0.25, -0.2) is 0 Å². The van der Waals surface area contributed by atoms with Crippen LogP contribution in [0.15, 0.2) is 23.2 Å². The van der Waals surface area contributed by atoms with Gasteiger partial charge in [0.2, 0.25) is 0 Å². The first-order valence-electron chi connectivity index (χ1n) is 7.80. The van der Waals surface area contributed by atoms with E-state index in [1.165, 1.54) is 0 Å². The Labute approximate surface area is 162 Å². The van der Waals surface area contributed by atoms with Crippen LogP contribution in [0.1, 0.15) is 26.3 Å². The van der Waals surface area contributed by atoms with E-state index in [9.17, 15) is 0 Å². The van der Waals surface area contributed by atoms with Crippen LogP contribution in [0.25, 0.3) is 0 Å². The molecule has 0 saturated heterocycles. The highest BCUT2D eigenvalue weighted by Crippen LogP contribution is 2.27. The SMILES string of the molecule is CN=C(NCCNC(C)(C)C)NCc1ccc(OC)c(OC)c1.I. The first-order chi connectivity index (χ1) is 10.9. The lowest BCUT2D eigenvalue weighted by Crippen LogP contribution is -2.44. The van der Waals surface area contributed by atoms with Gasteiger partial charge in [0.05, 0.1) is 14.2 Å². The lowest BCUT2D eigenvalue weighted by atomic mass is 10.1. The number of nitrogens with one attached hydrogen (secondary N) is 3. The van der Waals surface area contributed by atoms with Gasteiger partial charge in [0.25, 0.3) is 0 Å². The Kier molecular flexibility index (Phi) is 10.8. The van der Waals surface area contributed by atoms with Crippen molar-refractivity contribution in [2.75, 3.05) is 34.4 Å². The molecule has 0 atom stereocenters. The van der Waals surface area contributed by atoms with E-state index in [1.54, 1.807) is 21.3 Å². The minimum Gasteiger partial charge on any atom is -0.493 e. The lowest BCUT2D eigenvalue weighted by molar-refractivity contribution is 0.354. The topological polar surface area (TPSA) is 66.9 Å². The van der Waals surface area contributed by atoms with Crippen LogP contribution in [-0.4, -0.2) is 45.9 Å². The minimum atomic E-state index is 0. The molecule has 0 aliphatic heterocycles. The van der Waals surface area contributed by atoms with Gasteiger partial charge >= 0.3 is 0 Å². The molecule has 0 aliphatic carbocycles. The molecule has 0 unspecified atom stereocenters. The molecule has 138 valence electrons. The standard InChI is InChI=1S/C17H30N4O2.HI/c1-17(2,3)21-10-9-19-16(18-4)20-12-13-7-8-14(22-5)15(11-13)23-6;/h7-8,11,21H,9-10,12H2,1-6H3,(H2,18,19,20);1H. The lowest BCUT2D eigenvalue weighted by Gasteiger charge is -2.21. The van der Waals surface area contributed by atoms with Crippen molar-refractivity contribution in [3.8, 4) is 11.5 Å². The number of rotatable bonds is 7. The van der Waals surface area contributed by atoms with E-state index in [4.69, 9.17) is 9.47 Å². The summed E-state index contributed by atoms with van der Waals surface area (Å²) in [6, 6.07) is 5.86. The Bertz CT molecular complexity index is 516. The molecule has 1 aromatic rings. The van der Waals surface area contributed by atoms with E-state index in [0.717, 1.165) is 36.1 Å². The average molecular weight is 450 g/mol. The second-order valence-electron chi connectivity index (χ2n) is 6.22. The number of nitrogens with zero attached hydrogens (tertiary/aromatic N) is 1. The van der Waals surface area contributed by atoms with Crippen molar-refractivity contribution in [3.63, 3.8) is 0 Å². The molecule has 0 aromatic heterocycles. The van der Waals surface area contributed by atoms with E-state index in [-0.39, 0.29) is 29.5 Å². The summed E-state index contributed by atoms with van der Waals surface area (Å²) in [4.78, 5) is 4.22. The molecular formula is C17H31IN4O2. The van der Waals surface area contributed by atoms with Crippen LogP contribution in [0.3, 0.4) is 0 Å². The zero-order valence-electron chi connectivity index (χ0n) is 15.5. The van der Waals surface area contributed by atoms with Gasteiger partial charge in [0.15, 0.2) is 17.5 Å². The number of hydrogen-bond acceptors (Lipinski definition) is 4. The number of guanidine groups is 1. The molecule has 0 amide bonds. The van der Waals surface area contributed by atoms with Gasteiger partial charge in [-0.15, -0.1) is 24.0 Å². The van der Waals surface area contributed by atoms with Crippen molar-refractivity contribution < 1.29 is 9.47 Å². The van der Waals surface area contributed by atoms with E-state index >= 15 is 0 Å². The Balaban J connectivity index is 0.00000529. The molecule has 24 heavy (non-hydrogen) atoms. The number of hydrogen-bond donors (Lipinski definition) is 3. The van der Waals surface area contributed by atoms with Crippen LogP contribution in [0.5, 0.6) is 11.5 Å². The maximum absolute atomic E-state index is 5.31. The fraction of sp³-hybridized carbons (Fsp3) is 0.588. The Hall–Kier alpha value is -1.22. The Morgan fingerprint density at radius 2 is 1.71 bits per heavy atom. The fourth-order valence-electron chi connectivity index (χ4n) is 2.02. The summed E-state index contributed by atoms with van der Waals surface area (Å²) >= 11 is 0. The van der Waals surface area contributed by atoms with Gasteiger partial charge in [-0.2, -0.15) is 0 Å². The molecule has 3 N–H and O–H groups in total. The highest BCUT2D eigenvalue weighted by molar-refractivity contribution is 14.0. The number of halogens is 1. The maximum atomic E-state index is 5.31. The van der Waals surface area contributed by atoms with Crippen molar-refractivity contribution in [2.24, 2.45) is 4.99 Å². The van der Waals surface area contributed by atoms with Crippen molar-refractivity contribution in [1.29, 1.82) is 0 Å². The van der Waals surface area contributed by atoms with E-state index in [1.807, 2.05) is 18.2 Å². The summed E-state index contributed by atoms with van der Waals surface area (Å²) in [5.41, 5.74) is 1.22. The first kappa shape index (κ1) is 22.8. The summed E-state index contributed by atoms with van der Waals surface area (Å²) < 4.78 is 10.6. The third kappa shape index (κ3) is 8.58. The van der Waals surface area contributed by atoms with Crippen molar-refractivity contribution in [3.05, 3.63) is 23.8 Å². The number of aliphatic imine (C=N–C) groups is 1. The van der Waals surface area contributed by atoms with Gasteiger partial charge in [-0.3, -0.25) is 4.99 Å².